The van der Waals surface area contributed by atoms with Crippen LogP contribution in [0.15, 0.2) is 48.0 Å². The molecule has 1 amide bonds. The fourth-order valence-corrected chi connectivity index (χ4v) is 3.25. The molecule has 1 fully saturated rings. The first kappa shape index (κ1) is 17.9. The van der Waals surface area contributed by atoms with Gasteiger partial charge in [0.05, 0.1) is 0 Å². The van der Waals surface area contributed by atoms with Crippen molar-refractivity contribution < 1.29 is 4.79 Å². The Balaban J connectivity index is 1.81. The van der Waals surface area contributed by atoms with Crippen LogP contribution in [0.4, 0.5) is 5.69 Å². The summed E-state index contributed by atoms with van der Waals surface area (Å²) in [4.78, 5) is 33.0. The van der Waals surface area contributed by atoms with Gasteiger partial charge in [-0.05, 0) is 49.1 Å². The fraction of sp³-hybridized carbons (Fsp3) is 0.350. The largest absolute Gasteiger partial charge is 0.376 e. The van der Waals surface area contributed by atoms with Crippen LogP contribution in [-0.4, -0.2) is 39.9 Å². The van der Waals surface area contributed by atoms with Crippen LogP contribution in [0, 0.1) is 0 Å². The van der Waals surface area contributed by atoms with Gasteiger partial charge in [0.25, 0.3) is 5.56 Å². The molecule has 6 heteroatoms. The number of aromatic nitrogens is 2. The van der Waals surface area contributed by atoms with Crippen molar-refractivity contribution in [1.29, 1.82) is 0 Å². The topological polar surface area (TPSA) is 78.1 Å². The quantitative estimate of drug-likeness (QED) is 0.811. The fourth-order valence-electron chi connectivity index (χ4n) is 3.25. The van der Waals surface area contributed by atoms with E-state index in [1.54, 1.807) is 17.3 Å². The van der Waals surface area contributed by atoms with Crippen molar-refractivity contribution in [1.82, 2.24) is 14.9 Å². The van der Waals surface area contributed by atoms with Crippen LogP contribution in [0.25, 0.3) is 11.1 Å². The average molecular weight is 352 g/mol. The van der Waals surface area contributed by atoms with Crippen molar-refractivity contribution in [2.24, 2.45) is 0 Å². The number of likely N-dealkylation sites (tertiary alicyclic amines) is 1. The molecule has 0 bridgehead atoms. The maximum atomic E-state index is 12.2. The van der Waals surface area contributed by atoms with Crippen molar-refractivity contribution in [2.75, 3.05) is 18.4 Å². The monoisotopic (exact) mass is 352 g/mol. The molecule has 26 heavy (non-hydrogen) atoms. The van der Waals surface area contributed by atoms with E-state index in [2.05, 4.69) is 28.8 Å². The Kier molecular flexibility index (Phi) is 5.51. The minimum absolute atomic E-state index is 0.0487. The first-order valence-electron chi connectivity index (χ1n) is 8.96. The molecule has 1 saturated heterocycles. The average Bonchev–Trinajstić information content (AvgIpc) is 2.69. The maximum absolute atomic E-state index is 12.2. The van der Waals surface area contributed by atoms with E-state index in [0.29, 0.717) is 12.2 Å². The van der Waals surface area contributed by atoms with E-state index in [4.69, 9.17) is 0 Å². The predicted octanol–water partition coefficient (Wildman–Crippen LogP) is 2.59. The lowest BCUT2D eigenvalue weighted by atomic mass is 10.0. The van der Waals surface area contributed by atoms with Gasteiger partial charge < -0.3 is 15.2 Å². The molecule has 2 aromatic rings. The Morgan fingerprint density at radius 2 is 2.31 bits per heavy atom. The highest BCUT2D eigenvalue weighted by molar-refractivity contribution is 5.87. The van der Waals surface area contributed by atoms with Crippen molar-refractivity contribution in [3.8, 4) is 11.1 Å². The third-order valence-electron chi connectivity index (χ3n) is 4.68. The van der Waals surface area contributed by atoms with E-state index in [-0.39, 0.29) is 17.5 Å². The number of carbonyl (C=O) groups excluding carboxylic acids is 1. The van der Waals surface area contributed by atoms with Gasteiger partial charge >= 0.3 is 0 Å². The summed E-state index contributed by atoms with van der Waals surface area (Å²) in [5, 5.41) is 3.31. The van der Waals surface area contributed by atoms with Crippen LogP contribution in [0.2, 0.25) is 0 Å². The Morgan fingerprint density at radius 3 is 3.08 bits per heavy atom. The van der Waals surface area contributed by atoms with Crippen LogP contribution in [0.3, 0.4) is 0 Å². The molecule has 1 atom stereocenters. The zero-order valence-corrected chi connectivity index (χ0v) is 15.0. The van der Waals surface area contributed by atoms with Crippen LogP contribution in [-0.2, 0) is 11.2 Å². The van der Waals surface area contributed by atoms with Gasteiger partial charge in [0.1, 0.15) is 5.69 Å². The van der Waals surface area contributed by atoms with E-state index < -0.39 is 0 Å². The minimum Gasteiger partial charge on any atom is -0.376 e. The molecule has 3 heterocycles. The Morgan fingerprint density at radius 1 is 1.46 bits per heavy atom. The number of rotatable bonds is 5. The molecule has 0 aromatic carbocycles. The summed E-state index contributed by atoms with van der Waals surface area (Å²) in [6.07, 6.45) is 7.52. The molecule has 0 spiro atoms. The Bertz CT molecular complexity index is 859. The molecule has 3 rings (SSSR count). The number of hydrogen-bond acceptors (Lipinski definition) is 4. The second-order valence-electron chi connectivity index (χ2n) is 6.49. The second kappa shape index (κ2) is 7.99. The first-order valence-corrected chi connectivity index (χ1v) is 8.96. The molecule has 0 radical (unpaired) electrons. The van der Waals surface area contributed by atoms with Gasteiger partial charge in [0, 0.05) is 42.8 Å². The third-order valence-corrected chi connectivity index (χ3v) is 4.68. The summed E-state index contributed by atoms with van der Waals surface area (Å²) >= 11 is 0. The van der Waals surface area contributed by atoms with Crippen molar-refractivity contribution >= 4 is 11.6 Å². The van der Waals surface area contributed by atoms with Gasteiger partial charge in [-0.25, -0.2) is 0 Å². The molecule has 6 nitrogen and oxygen atoms in total. The summed E-state index contributed by atoms with van der Waals surface area (Å²) in [7, 11) is 0. The molecule has 1 aliphatic rings. The van der Waals surface area contributed by atoms with Crippen LogP contribution in [0.1, 0.15) is 25.5 Å². The molecule has 136 valence electrons. The number of nitrogens with zero attached hydrogens (tertiary/aromatic N) is 2. The molecule has 0 saturated carbocycles. The van der Waals surface area contributed by atoms with Crippen molar-refractivity contribution in [2.45, 2.75) is 32.2 Å². The van der Waals surface area contributed by atoms with Crippen LogP contribution in [0.5, 0.6) is 0 Å². The van der Waals surface area contributed by atoms with Gasteiger partial charge in [0.15, 0.2) is 0 Å². The molecular formula is C20H24N4O2. The van der Waals surface area contributed by atoms with E-state index >= 15 is 0 Å². The standard InChI is InChI=1S/C20H24N4O2/c1-3-16-10-14(7-8-21-16)15-11-18(20(26)22-12-15)23-17-6-5-9-24(13-17)19(25)4-2/h4,7-8,10-12,17,23H,2-3,5-6,9,13H2,1H3,(H,22,26)/t17-/m0/s1. The van der Waals surface area contributed by atoms with Gasteiger partial charge in [-0.15, -0.1) is 0 Å². The van der Waals surface area contributed by atoms with E-state index in [1.807, 2.05) is 18.2 Å². The molecule has 1 aliphatic heterocycles. The van der Waals surface area contributed by atoms with Gasteiger partial charge in [-0.1, -0.05) is 13.5 Å². The molecule has 0 aliphatic carbocycles. The Hall–Kier alpha value is -2.89. The number of anilines is 1. The summed E-state index contributed by atoms with van der Waals surface area (Å²) in [5.74, 6) is -0.0666. The summed E-state index contributed by atoms with van der Waals surface area (Å²) in [6, 6.07) is 5.87. The smallest absolute Gasteiger partial charge is 0.271 e. The molecule has 2 N–H and O–H groups in total. The molecular weight excluding hydrogens is 328 g/mol. The molecule has 0 unspecified atom stereocenters. The highest BCUT2D eigenvalue weighted by Crippen LogP contribution is 2.22. The number of hydrogen-bond donors (Lipinski definition) is 2. The number of amides is 1. The maximum Gasteiger partial charge on any atom is 0.271 e. The van der Waals surface area contributed by atoms with Gasteiger partial charge in [-0.3, -0.25) is 14.6 Å². The highest BCUT2D eigenvalue weighted by Gasteiger charge is 2.22. The van der Waals surface area contributed by atoms with E-state index in [9.17, 15) is 9.59 Å². The highest BCUT2D eigenvalue weighted by atomic mass is 16.2. The lowest BCUT2D eigenvalue weighted by Gasteiger charge is -2.32. The zero-order chi connectivity index (χ0) is 18.5. The lowest BCUT2D eigenvalue weighted by Crippen LogP contribution is -2.45. The number of pyridine rings is 2. The normalized spacial score (nSPS) is 17.0. The third kappa shape index (κ3) is 4.02. The van der Waals surface area contributed by atoms with Crippen molar-refractivity contribution in [3.63, 3.8) is 0 Å². The number of piperidine rings is 1. The summed E-state index contributed by atoms with van der Waals surface area (Å²) in [5.41, 5.74) is 3.32. The van der Waals surface area contributed by atoms with Gasteiger partial charge in [-0.2, -0.15) is 0 Å². The number of carbonyl (C=O) groups is 1. The molecule has 2 aromatic heterocycles. The summed E-state index contributed by atoms with van der Waals surface area (Å²) < 4.78 is 0. The van der Waals surface area contributed by atoms with Gasteiger partial charge in [0.2, 0.25) is 5.91 Å². The zero-order valence-electron chi connectivity index (χ0n) is 15.0. The summed E-state index contributed by atoms with van der Waals surface area (Å²) in [6.45, 7) is 6.91. The van der Waals surface area contributed by atoms with E-state index in [0.717, 1.165) is 42.6 Å². The number of aromatic amines is 1. The predicted molar refractivity (Wildman–Crippen MR) is 103 cm³/mol. The van der Waals surface area contributed by atoms with Crippen molar-refractivity contribution in [3.05, 3.63) is 59.3 Å². The number of aryl methyl sites for hydroxylation is 1. The second-order valence-corrected chi connectivity index (χ2v) is 6.49. The lowest BCUT2D eigenvalue weighted by molar-refractivity contribution is -0.127. The first-order chi connectivity index (χ1) is 12.6. The Labute approximate surface area is 153 Å². The van der Waals surface area contributed by atoms with Crippen LogP contribution < -0.4 is 10.9 Å². The number of H-pyrrole nitrogens is 1. The number of nitrogens with one attached hydrogen (secondary N) is 2. The van der Waals surface area contributed by atoms with E-state index in [1.165, 1.54) is 6.08 Å². The van der Waals surface area contributed by atoms with Crippen LogP contribution >= 0.6 is 0 Å². The minimum atomic E-state index is -0.161. The SMILES string of the molecule is C=CC(=O)N1CCC[C@H](Nc2cc(-c3ccnc(CC)c3)c[nH]c2=O)C1.